The first-order valence-electron chi connectivity index (χ1n) is 9.27. The maximum absolute atomic E-state index is 13.2. The lowest BCUT2D eigenvalue weighted by Crippen LogP contribution is -2.39. The molecule has 0 fully saturated rings. The molecule has 3 aromatic heterocycles. The molecule has 0 aliphatic heterocycles. The summed E-state index contributed by atoms with van der Waals surface area (Å²) in [7, 11) is 1.61. The molecule has 0 saturated carbocycles. The highest BCUT2D eigenvalue weighted by atomic mass is 19.1. The molecule has 3 heterocycles. The fourth-order valence-electron chi connectivity index (χ4n) is 3.67. The first-order valence-corrected chi connectivity index (χ1v) is 9.27. The lowest BCUT2D eigenvalue weighted by atomic mass is 10.2. The molecule has 0 spiro atoms. The van der Waals surface area contributed by atoms with E-state index in [-0.39, 0.29) is 18.4 Å². The molecular formula is C20H22FN5O2. The summed E-state index contributed by atoms with van der Waals surface area (Å²) in [6, 6.07) is 5.99. The lowest BCUT2D eigenvalue weighted by molar-refractivity contribution is 0.532. The smallest absolute Gasteiger partial charge is 0.311 e. The molecule has 0 amide bonds. The SMILES string of the molecule is CCC(C)n1c(C)cn2c3c(=O)n(Cc4ccc(F)cc4)c(=O)n(C)c3nc12. The summed E-state index contributed by atoms with van der Waals surface area (Å²) < 4.78 is 19.6. The highest BCUT2D eigenvalue weighted by molar-refractivity contribution is 5.75. The Bertz CT molecular complexity index is 1310. The molecule has 0 N–H and O–H groups in total. The number of rotatable bonds is 4. The minimum absolute atomic E-state index is 0.0695. The molecule has 0 aliphatic rings. The maximum atomic E-state index is 13.2. The molecule has 1 atom stereocenters. The van der Waals surface area contributed by atoms with E-state index in [2.05, 4.69) is 23.4 Å². The van der Waals surface area contributed by atoms with Crippen molar-refractivity contribution >= 4 is 16.9 Å². The van der Waals surface area contributed by atoms with E-state index in [1.54, 1.807) is 23.6 Å². The molecule has 1 unspecified atom stereocenters. The Morgan fingerprint density at radius 3 is 2.50 bits per heavy atom. The van der Waals surface area contributed by atoms with E-state index in [0.717, 1.165) is 12.1 Å². The van der Waals surface area contributed by atoms with Crippen LogP contribution in [0.4, 0.5) is 4.39 Å². The van der Waals surface area contributed by atoms with E-state index in [1.165, 1.54) is 21.3 Å². The van der Waals surface area contributed by atoms with Gasteiger partial charge in [0.25, 0.3) is 5.56 Å². The topological polar surface area (TPSA) is 66.2 Å². The molecule has 4 aromatic rings. The molecule has 0 radical (unpaired) electrons. The van der Waals surface area contributed by atoms with Gasteiger partial charge in [-0.3, -0.25) is 18.3 Å². The molecular weight excluding hydrogens is 361 g/mol. The Hall–Kier alpha value is -3.16. The number of hydrogen-bond acceptors (Lipinski definition) is 3. The van der Waals surface area contributed by atoms with Crippen molar-refractivity contribution in [1.29, 1.82) is 0 Å². The number of benzene rings is 1. The van der Waals surface area contributed by atoms with Gasteiger partial charge >= 0.3 is 5.69 Å². The average molecular weight is 383 g/mol. The van der Waals surface area contributed by atoms with Gasteiger partial charge in [-0.15, -0.1) is 0 Å². The van der Waals surface area contributed by atoms with Crippen LogP contribution >= 0.6 is 0 Å². The minimum Gasteiger partial charge on any atom is -0.311 e. The van der Waals surface area contributed by atoms with E-state index < -0.39 is 11.2 Å². The van der Waals surface area contributed by atoms with Crippen LogP contribution in [0.15, 0.2) is 40.1 Å². The second kappa shape index (κ2) is 6.47. The Labute approximate surface area is 160 Å². The zero-order chi connectivity index (χ0) is 20.2. The van der Waals surface area contributed by atoms with Crippen LogP contribution in [-0.2, 0) is 13.6 Å². The molecule has 1 aromatic carbocycles. The van der Waals surface area contributed by atoms with Crippen LogP contribution in [0.1, 0.15) is 37.6 Å². The number of halogens is 1. The van der Waals surface area contributed by atoms with E-state index in [1.807, 2.05) is 13.1 Å². The molecule has 28 heavy (non-hydrogen) atoms. The standard InChI is InChI=1S/C20H22FN5O2/c1-5-12(2)26-13(3)10-24-16-17(22-19(24)26)23(4)20(28)25(18(16)27)11-14-6-8-15(21)9-7-14/h6-10,12H,5,11H2,1-4H3. The summed E-state index contributed by atoms with van der Waals surface area (Å²) in [4.78, 5) is 30.6. The second-order valence-corrected chi connectivity index (χ2v) is 7.21. The fourth-order valence-corrected chi connectivity index (χ4v) is 3.67. The third-order valence-corrected chi connectivity index (χ3v) is 5.35. The normalized spacial score (nSPS) is 12.9. The van der Waals surface area contributed by atoms with Crippen molar-refractivity contribution in [3.63, 3.8) is 0 Å². The van der Waals surface area contributed by atoms with Gasteiger partial charge in [0.05, 0.1) is 6.54 Å². The first-order chi connectivity index (χ1) is 13.3. The van der Waals surface area contributed by atoms with Gasteiger partial charge < -0.3 is 4.57 Å². The third-order valence-electron chi connectivity index (χ3n) is 5.35. The molecule has 8 heteroatoms. The summed E-state index contributed by atoms with van der Waals surface area (Å²) in [6.07, 6.45) is 2.80. The molecule has 0 saturated heterocycles. The van der Waals surface area contributed by atoms with Crippen LogP contribution in [0.5, 0.6) is 0 Å². The van der Waals surface area contributed by atoms with Crippen LogP contribution in [0.3, 0.4) is 0 Å². The first kappa shape index (κ1) is 18.2. The average Bonchev–Trinajstić information content (AvgIpc) is 3.19. The molecule has 0 bridgehead atoms. The van der Waals surface area contributed by atoms with Crippen molar-refractivity contribution in [3.8, 4) is 0 Å². The maximum Gasteiger partial charge on any atom is 0.332 e. The summed E-state index contributed by atoms with van der Waals surface area (Å²) in [5.74, 6) is 0.285. The Morgan fingerprint density at radius 2 is 1.86 bits per heavy atom. The van der Waals surface area contributed by atoms with E-state index in [0.29, 0.717) is 22.5 Å². The zero-order valence-corrected chi connectivity index (χ0v) is 16.3. The predicted molar refractivity (Wildman–Crippen MR) is 105 cm³/mol. The van der Waals surface area contributed by atoms with Crippen molar-refractivity contribution in [3.05, 3.63) is 68.4 Å². The van der Waals surface area contributed by atoms with E-state index in [4.69, 9.17) is 0 Å². The highest BCUT2D eigenvalue weighted by Gasteiger charge is 2.21. The summed E-state index contributed by atoms with van der Waals surface area (Å²) in [6.45, 7) is 6.23. The number of hydrogen-bond donors (Lipinski definition) is 0. The predicted octanol–water partition coefficient (Wildman–Crippen LogP) is 2.62. The van der Waals surface area contributed by atoms with Gasteiger partial charge in [0.15, 0.2) is 11.2 Å². The lowest BCUT2D eigenvalue weighted by Gasteiger charge is -2.12. The highest BCUT2D eigenvalue weighted by Crippen LogP contribution is 2.22. The van der Waals surface area contributed by atoms with Crippen molar-refractivity contribution in [1.82, 2.24) is 23.1 Å². The summed E-state index contributed by atoms with van der Waals surface area (Å²) in [5.41, 5.74) is 1.54. The van der Waals surface area contributed by atoms with Gasteiger partial charge in [-0.25, -0.2) is 9.18 Å². The minimum atomic E-state index is -0.450. The largest absolute Gasteiger partial charge is 0.332 e. The summed E-state index contributed by atoms with van der Waals surface area (Å²) in [5, 5.41) is 0. The van der Waals surface area contributed by atoms with Crippen LogP contribution in [-0.4, -0.2) is 23.1 Å². The van der Waals surface area contributed by atoms with Gasteiger partial charge in [-0.05, 0) is 38.0 Å². The van der Waals surface area contributed by atoms with Gasteiger partial charge in [-0.1, -0.05) is 19.1 Å². The van der Waals surface area contributed by atoms with Crippen molar-refractivity contribution in [2.45, 2.75) is 39.8 Å². The Balaban J connectivity index is 2.00. The van der Waals surface area contributed by atoms with Crippen molar-refractivity contribution in [2.75, 3.05) is 0 Å². The molecule has 0 aliphatic carbocycles. The molecule has 4 rings (SSSR count). The van der Waals surface area contributed by atoms with Crippen LogP contribution in [0.2, 0.25) is 0 Å². The Morgan fingerprint density at radius 1 is 1.18 bits per heavy atom. The third kappa shape index (κ3) is 2.59. The van der Waals surface area contributed by atoms with Crippen molar-refractivity contribution < 1.29 is 4.39 Å². The van der Waals surface area contributed by atoms with Crippen LogP contribution < -0.4 is 11.2 Å². The Kier molecular flexibility index (Phi) is 4.21. The van der Waals surface area contributed by atoms with E-state index >= 15 is 0 Å². The van der Waals surface area contributed by atoms with Crippen LogP contribution in [0.25, 0.3) is 16.9 Å². The number of imidazole rings is 2. The second-order valence-electron chi connectivity index (χ2n) is 7.21. The molecule has 146 valence electrons. The zero-order valence-electron chi connectivity index (χ0n) is 16.3. The monoisotopic (exact) mass is 383 g/mol. The van der Waals surface area contributed by atoms with Gasteiger partial charge in [0, 0.05) is 25.0 Å². The number of aromatic nitrogens is 5. The quantitative estimate of drug-likeness (QED) is 0.544. The number of fused-ring (bicyclic) bond motifs is 3. The van der Waals surface area contributed by atoms with E-state index in [9.17, 15) is 14.0 Å². The summed E-state index contributed by atoms with van der Waals surface area (Å²) >= 11 is 0. The van der Waals surface area contributed by atoms with Gasteiger partial charge in [0.2, 0.25) is 5.78 Å². The van der Waals surface area contributed by atoms with Gasteiger partial charge in [0.1, 0.15) is 5.82 Å². The number of nitrogens with zero attached hydrogens (tertiary/aromatic N) is 5. The molecule has 7 nitrogen and oxygen atoms in total. The van der Waals surface area contributed by atoms with Crippen molar-refractivity contribution in [2.24, 2.45) is 7.05 Å². The van der Waals surface area contributed by atoms with Gasteiger partial charge in [-0.2, -0.15) is 4.98 Å². The number of aryl methyl sites for hydroxylation is 2. The van der Waals surface area contributed by atoms with Crippen LogP contribution in [0, 0.1) is 12.7 Å². The fraction of sp³-hybridized carbons (Fsp3) is 0.350.